The zero-order chi connectivity index (χ0) is 19.0. The van der Waals surface area contributed by atoms with Gasteiger partial charge in [-0.3, -0.25) is 14.5 Å². The van der Waals surface area contributed by atoms with E-state index >= 15 is 0 Å². The molecule has 0 amide bonds. The minimum Gasteiger partial charge on any atom is -0.458 e. The fourth-order valence-electron chi connectivity index (χ4n) is 2.55. The minimum absolute atomic E-state index is 0. The van der Waals surface area contributed by atoms with Crippen molar-refractivity contribution in [2.75, 3.05) is 0 Å². The Morgan fingerprint density at radius 2 is 1.79 bits per heavy atom. The third-order valence-corrected chi connectivity index (χ3v) is 4.91. The van der Waals surface area contributed by atoms with Gasteiger partial charge >= 0.3 is 5.97 Å². The summed E-state index contributed by atoms with van der Waals surface area (Å²) in [5.41, 5.74) is 0.435. The third-order valence-electron chi connectivity index (χ3n) is 3.79. The largest absolute Gasteiger partial charge is 0.458 e. The molecule has 1 aromatic heterocycles. The number of nitrogens with zero attached hydrogens (tertiary/aromatic N) is 1. The summed E-state index contributed by atoms with van der Waals surface area (Å²) in [7, 11) is 0. The van der Waals surface area contributed by atoms with E-state index in [0.717, 1.165) is 6.92 Å². The Labute approximate surface area is 293 Å². The van der Waals surface area contributed by atoms with Crippen LogP contribution in [-0.4, -0.2) is 57.2 Å². The first-order valence-electron chi connectivity index (χ1n) is 7.56. The van der Waals surface area contributed by atoms with Crippen molar-refractivity contribution in [1.29, 1.82) is 0 Å². The van der Waals surface area contributed by atoms with Crippen LogP contribution in [0.25, 0.3) is 10.9 Å². The number of aliphatic hydroxyl groups is 3. The second-order valence-corrected chi connectivity index (χ2v) is 7.21. The van der Waals surface area contributed by atoms with E-state index in [-0.39, 0.29) is 138 Å². The molecular weight excluding hydrogens is 1160 g/mol. The van der Waals surface area contributed by atoms with Crippen LogP contribution >= 0.6 is 34.2 Å². The molecule has 0 aliphatic carbocycles. The van der Waals surface area contributed by atoms with Gasteiger partial charge in [-0.25, -0.2) is 0 Å². The molecule has 8 nitrogen and oxygen atoms in total. The van der Waals surface area contributed by atoms with Crippen molar-refractivity contribution >= 4 is 51.1 Å². The minimum atomic E-state index is -1.64. The molecule has 29 heavy (non-hydrogen) atoms. The summed E-state index contributed by atoms with van der Waals surface area (Å²) in [6.07, 6.45) is -6.17. The van der Waals surface area contributed by atoms with Gasteiger partial charge in [-0.15, -0.1) is 0 Å². The normalized spacial score (nSPS) is 25.8. The summed E-state index contributed by atoms with van der Waals surface area (Å²) >= 11 is 8.20. The summed E-state index contributed by atoms with van der Waals surface area (Å²) in [6.45, 7) is 1.13. The molecule has 13 heteroatoms. The number of carbonyl (C=O) groups is 1. The number of ether oxygens (including phenoxy) is 3. The molecule has 1 aliphatic rings. The van der Waals surface area contributed by atoms with Gasteiger partial charge in [-0.2, -0.15) is 0 Å². The summed E-state index contributed by atoms with van der Waals surface area (Å²) in [5.74, 6) is -0.440. The van der Waals surface area contributed by atoms with Gasteiger partial charge in [0.25, 0.3) is 0 Å². The van der Waals surface area contributed by atoms with Crippen LogP contribution in [0.2, 0.25) is 5.02 Å². The maximum Gasteiger partial charge on any atom is 0.305 e. The molecule has 5 unspecified atom stereocenters. The fraction of sp³-hybridized carbons (Fsp3) is 0.375. The Balaban J connectivity index is 0.00000261. The van der Waals surface area contributed by atoms with Gasteiger partial charge in [0.2, 0.25) is 12.6 Å². The zero-order valence-corrected chi connectivity index (χ0v) is 32.3. The molecule has 3 N–H and O–H groups in total. The topological polar surface area (TPSA) is 118 Å². The van der Waals surface area contributed by atoms with Crippen LogP contribution in [0.4, 0.5) is 0 Å². The number of hydrogen-bond donors (Lipinski definition) is 3. The van der Waals surface area contributed by atoms with Gasteiger partial charge in [0.05, 0.1) is 8.59 Å². The van der Waals surface area contributed by atoms with E-state index < -0.39 is 36.9 Å². The fourth-order valence-corrected chi connectivity index (χ4v) is 3.69. The molecule has 149 valence electrons. The Bertz CT molecular complexity index is 850. The third kappa shape index (κ3) is 7.79. The van der Waals surface area contributed by atoms with Crippen molar-refractivity contribution in [1.82, 2.24) is 4.98 Å². The molecule has 5 atom stereocenters. The molecule has 0 spiro atoms. The van der Waals surface area contributed by atoms with E-state index in [1.165, 1.54) is 0 Å². The van der Waals surface area contributed by atoms with Gasteiger partial charge in [-0.05, 0) is 40.8 Å². The maximum atomic E-state index is 11.2. The molecule has 1 fully saturated rings. The van der Waals surface area contributed by atoms with Crippen molar-refractivity contribution < 1.29 is 167 Å². The molecule has 2 heterocycles. The predicted octanol–water partition coefficient (Wildman–Crippen LogP) is 1.20. The standard InChI is InChI=1S/C16H15ClINO7.3Ac/c1-6(20)24-15-12(22)11(21)13(23)16(26-15)25-14-9(18)5-8(17)7-3-2-4-19-10(7)14;;;/h2-5,11-13,15-16,21-23H,1H3;;;. The van der Waals surface area contributed by atoms with Crippen LogP contribution in [0, 0.1) is 136 Å². The summed E-state index contributed by atoms with van der Waals surface area (Å²) in [6, 6.07) is 5.13. The number of carbonyl (C=O) groups excluding carboxylic acids is 1. The summed E-state index contributed by atoms with van der Waals surface area (Å²) in [4.78, 5) is 15.4. The molecule has 1 aromatic carbocycles. The van der Waals surface area contributed by atoms with E-state index in [1.807, 2.05) is 22.6 Å². The Morgan fingerprint density at radius 3 is 2.41 bits per heavy atom. The van der Waals surface area contributed by atoms with Crippen LogP contribution in [0.3, 0.4) is 0 Å². The van der Waals surface area contributed by atoms with E-state index in [4.69, 9.17) is 25.8 Å². The average Bonchev–Trinajstić information content (AvgIpc) is 2.60. The molecule has 3 rings (SSSR count). The van der Waals surface area contributed by atoms with Crippen LogP contribution in [0.15, 0.2) is 24.4 Å². The monoisotopic (exact) mass is 1180 g/mol. The van der Waals surface area contributed by atoms with Gasteiger partial charge < -0.3 is 24.8 Å². The molecule has 1 saturated heterocycles. The molecule has 0 bridgehead atoms. The number of rotatable bonds is 3. The quantitative estimate of drug-likeness (QED) is 0.311. The SMILES string of the molecule is CC(=O)OC1OC(Oc2c(I)cc(Cl)c3cccnc23)C(O)C(O)C1O.[Ac].[Ac].[Ac]. The van der Waals surface area contributed by atoms with E-state index in [1.54, 1.807) is 24.4 Å². The predicted molar refractivity (Wildman–Crippen MR) is 98.5 cm³/mol. The maximum absolute atomic E-state index is 11.2. The number of pyridine rings is 1. The number of aromatic nitrogens is 1. The second kappa shape index (κ2) is 14.5. The van der Waals surface area contributed by atoms with E-state index in [2.05, 4.69) is 4.98 Å². The van der Waals surface area contributed by atoms with Crippen LogP contribution < -0.4 is 4.74 Å². The van der Waals surface area contributed by atoms with Gasteiger partial charge in [-0.1, -0.05) is 11.6 Å². The van der Waals surface area contributed by atoms with Crippen molar-refractivity contribution in [3.8, 4) is 5.75 Å². The molecule has 3 radical (unpaired) electrons. The Hall–Kier alpha value is 3.08. The van der Waals surface area contributed by atoms with Crippen molar-refractivity contribution in [2.45, 2.75) is 37.8 Å². The zero-order valence-electron chi connectivity index (χ0n) is 15.1. The van der Waals surface area contributed by atoms with Gasteiger partial charge in [0.1, 0.15) is 23.8 Å². The number of aliphatic hydroxyl groups excluding tert-OH is 3. The number of hydrogen-bond acceptors (Lipinski definition) is 8. The molecule has 2 aromatic rings. The smallest absolute Gasteiger partial charge is 0.305 e. The van der Waals surface area contributed by atoms with Crippen LogP contribution in [0.5, 0.6) is 5.75 Å². The number of esters is 1. The van der Waals surface area contributed by atoms with Crippen molar-refractivity contribution in [2.24, 2.45) is 0 Å². The summed E-state index contributed by atoms with van der Waals surface area (Å²) in [5, 5.41) is 31.2. The van der Waals surface area contributed by atoms with Crippen LogP contribution in [0.1, 0.15) is 6.92 Å². The molecule has 1 aliphatic heterocycles. The number of fused-ring (bicyclic) bond motifs is 1. The first-order valence-corrected chi connectivity index (χ1v) is 9.01. The Morgan fingerprint density at radius 1 is 1.17 bits per heavy atom. The van der Waals surface area contributed by atoms with Gasteiger partial charge in [0, 0.05) is 151 Å². The van der Waals surface area contributed by atoms with E-state index in [0.29, 0.717) is 19.5 Å². The molecular formula is C16H15Ac3ClINO7. The second-order valence-electron chi connectivity index (χ2n) is 5.64. The van der Waals surface area contributed by atoms with E-state index in [9.17, 15) is 20.1 Å². The van der Waals surface area contributed by atoms with Crippen molar-refractivity contribution in [3.63, 3.8) is 0 Å². The first-order chi connectivity index (χ1) is 12.3. The Kier molecular flexibility index (Phi) is 16.0. The van der Waals surface area contributed by atoms with Gasteiger partial charge in [0.15, 0.2) is 5.75 Å². The molecule has 0 saturated carbocycles. The average molecular weight is 1180 g/mol. The number of halogens is 2. The van der Waals surface area contributed by atoms with Crippen LogP contribution in [-0.2, 0) is 14.3 Å². The number of benzene rings is 1. The van der Waals surface area contributed by atoms with Crippen molar-refractivity contribution in [3.05, 3.63) is 33.0 Å². The summed E-state index contributed by atoms with van der Waals surface area (Å²) < 4.78 is 16.5. The first kappa shape index (κ1) is 32.1.